The molecule has 0 saturated carbocycles. The highest BCUT2D eigenvalue weighted by Gasteiger charge is 2.23. The first-order chi connectivity index (χ1) is 22.9. The first kappa shape index (κ1) is 34.6. The van der Waals surface area contributed by atoms with Gasteiger partial charge in [0, 0.05) is 62.8 Å². The zero-order chi connectivity index (χ0) is 34.4. The fraction of sp³-hybridized carbons (Fsp3) is 0.361. The van der Waals surface area contributed by atoms with E-state index in [1.165, 1.54) is 24.4 Å². The third-order valence-electron chi connectivity index (χ3n) is 8.19. The maximum absolute atomic E-state index is 15.0. The predicted molar refractivity (Wildman–Crippen MR) is 180 cm³/mol. The Morgan fingerprint density at radius 2 is 1.62 bits per heavy atom. The van der Waals surface area contributed by atoms with Crippen molar-refractivity contribution in [3.8, 4) is 11.5 Å². The van der Waals surface area contributed by atoms with Crippen molar-refractivity contribution in [2.75, 3.05) is 49.5 Å². The van der Waals surface area contributed by atoms with Crippen molar-refractivity contribution in [3.05, 3.63) is 100 Å². The summed E-state index contributed by atoms with van der Waals surface area (Å²) in [4.78, 5) is 28.2. The zero-order valence-corrected chi connectivity index (χ0v) is 27.9. The second-order valence-electron chi connectivity index (χ2n) is 12.3. The first-order valence-electron chi connectivity index (χ1n) is 16.0. The van der Waals surface area contributed by atoms with E-state index in [0.29, 0.717) is 30.6 Å². The van der Waals surface area contributed by atoms with E-state index >= 15 is 4.39 Å². The summed E-state index contributed by atoms with van der Waals surface area (Å²) in [7, 11) is 0. The van der Waals surface area contributed by atoms with Gasteiger partial charge in [-0.15, -0.1) is 0 Å². The highest BCUT2D eigenvalue weighted by molar-refractivity contribution is 5.88. The number of aryl methyl sites for hydroxylation is 3. The van der Waals surface area contributed by atoms with Crippen molar-refractivity contribution in [2.45, 2.75) is 47.2 Å². The topological polar surface area (TPSA) is 83.1 Å². The molecule has 48 heavy (non-hydrogen) atoms. The molecule has 12 heteroatoms. The molecule has 0 aliphatic carbocycles. The molecule has 0 radical (unpaired) electrons. The molecule has 9 nitrogen and oxygen atoms in total. The van der Waals surface area contributed by atoms with Gasteiger partial charge in [-0.1, -0.05) is 17.7 Å². The highest BCUT2D eigenvalue weighted by atomic mass is 19.1. The van der Waals surface area contributed by atoms with E-state index in [4.69, 9.17) is 9.47 Å². The van der Waals surface area contributed by atoms with Crippen LogP contribution in [-0.2, 0) is 6.54 Å². The van der Waals surface area contributed by atoms with Gasteiger partial charge in [-0.05, 0) is 81.6 Å². The number of amides is 1. The SMILES string of the molecule is Cc1cc(C)c(OC(=O)N(Cc2cc(F)cc(F)c2)c2ccnc(Nc3ccc(OCCN4CCN(C(C)C)CC4)c(F)c3)n2)c(C)c1. The van der Waals surface area contributed by atoms with Crippen LogP contribution < -0.4 is 19.7 Å². The molecule has 0 atom stereocenters. The van der Waals surface area contributed by atoms with Gasteiger partial charge in [0.15, 0.2) is 11.6 Å². The number of rotatable bonds is 11. The molecular weight excluding hydrogens is 621 g/mol. The lowest BCUT2D eigenvalue weighted by Crippen LogP contribution is -2.49. The summed E-state index contributed by atoms with van der Waals surface area (Å²) in [6, 6.07) is 13.2. The molecule has 2 heterocycles. The number of hydrogen-bond donors (Lipinski definition) is 1. The summed E-state index contributed by atoms with van der Waals surface area (Å²) < 4.78 is 54.7. The molecule has 1 amide bonds. The van der Waals surface area contributed by atoms with Crippen LogP contribution in [0.15, 0.2) is 60.8 Å². The van der Waals surface area contributed by atoms with Crippen LogP contribution in [0.5, 0.6) is 11.5 Å². The third-order valence-corrected chi connectivity index (χ3v) is 8.19. The van der Waals surface area contributed by atoms with E-state index < -0.39 is 23.5 Å². The second kappa shape index (κ2) is 15.5. The maximum Gasteiger partial charge on any atom is 0.421 e. The average Bonchev–Trinajstić information content (AvgIpc) is 3.02. The Balaban J connectivity index is 1.29. The van der Waals surface area contributed by atoms with Gasteiger partial charge in [0.25, 0.3) is 0 Å². The van der Waals surface area contributed by atoms with Crippen molar-refractivity contribution in [3.63, 3.8) is 0 Å². The van der Waals surface area contributed by atoms with Crippen molar-refractivity contribution in [1.82, 2.24) is 19.8 Å². The van der Waals surface area contributed by atoms with Gasteiger partial charge in [-0.3, -0.25) is 14.7 Å². The van der Waals surface area contributed by atoms with Gasteiger partial charge < -0.3 is 14.8 Å². The van der Waals surface area contributed by atoms with Crippen LogP contribution in [0.2, 0.25) is 0 Å². The molecule has 0 unspecified atom stereocenters. The van der Waals surface area contributed by atoms with Crippen molar-refractivity contribution in [2.24, 2.45) is 0 Å². The third kappa shape index (κ3) is 9.02. The number of ether oxygens (including phenoxy) is 2. The Morgan fingerprint density at radius 3 is 2.27 bits per heavy atom. The number of nitrogens with zero attached hydrogens (tertiary/aromatic N) is 5. The number of halogens is 3. The zero-order valence-electron chi connectivity index (χ0n) is 27.9. The van der Waals surface area contributed by atoms with Gasteiger partial charge in [-0.25, -0.2) is 22.9 Å². The van der Waals surface area contributed by atoms with Crippen LogP contribution >= 0.6 is 0 Å². The molecule has 1 fully saturated rings. The van der Waals surface area contributed by atoms with Crippen LogP contribution in [0.3, 0.4) is 0 Å². The standard InChI is InChI=1S/C36H41F3N6O3/c1-23(2)44-12-10-43(11-13-44)14-15-47-32-7-6-30(21-31(32)39)41-35-40-9-8-33(42-35)45(22-27-18-28(37)20-29(38)19-27)36(46)48-34-25(4)16-24(3)17-26(34)5/h6-9,16-21,23H,10-15,22H2,1-5H3,(H,40,41,42). The summed E-state index contributed by atoms with van der Waals surface area (Å²) >= 11 is 0. The fourth-order valence-corrected chi connectivity index (χ4v) is 5.77. The Morgan fingerprint density at radius 1 is 0.938 bits per heavy atom. The lowest BCUT2D eigenvalue weighted by Gasteiger charge is -2.36. The van der Waals surface area contributed by atoms with E-state index in [1.807, 2.05) is 32.9 Å². The molecule has 1 aliphatic heterocycles. The number of benzene rings is 3. The minimum Gasteiger partial charge on any atom is -0.489 e. The number of hydrogen-bond acceptors (Lipinski definition) is 8. The quantitative estimate of drug-likeness (QED) is 0.181. The van der Waals surface area contributed by atoms with E-state index in [-0.39, 0.29) is 29.6 Å². The molecule has 4 aromatic rings. The normalized spacial score (nSPS) is 13.9. The van der Waals surface area contributed by atoms with Gasteiger partial charge in [0.2, 0.25) is 5.95 Å². The predicted octanol–water partition coefficient (Wildman–Crippen LogP) is 7.17. The molecule has 0 spiro atoms. The molecule has 3 aromatic carbocycles. The largest absolute Gasteiger partial charge is 0.489 e. The van der Waals surface area contributed by atoms with Crippen LogP contribution in [0.1, 0.15) is 36.1 Å². The Bertz CT molecular complexity index is 1700. The second-order valence-corrected chi connectivity index (χ2v) is 12.3. The Kier molecular flexibility index (Phi) is 11.2. The van der Waals surface area contributed by atoms with Crippen molar-refractivity contribution in [1.29, 1.82) is 0 Å². The highest BCUT2D eigenvalue weighted by Crippen LogP contribution is 2.28. The average molecular weight is 663 g/mol. The molecule has 0 bridgehead atoms. The Hall–Kier alpha value is -4.68. The minimum absolute atomic E-state index is 0.0621. The van der Waals surface area contributed by atoms with Gasteiger partial charge in [0.1, 0.15) is 29.8 Å². The van der Waals surface area contributed by atoms with Crippen LogP contribution in [0.25, 0.3) is 0 Å². The Labute approximate surface area is 279 Å². The van der Waals surface area contributed by atoms with E-state index in [9.17, 15) is 13.6 Å². The number of piperazine rings is 1. The lowest BCUT2D eigenvalue weighted by molar-refractivity contribution is 0.0965. The summed E-state index contributed by atoms with van der Waals surface area (Å²) in [5.41, 5.74) is 3.05. The smallest absolute Gasteiger partial charge is 0.421 e. The number of nitrogens with one attached hydrogen (secondary N) is 1. The molecule has 1 aromatic heterocycles. The molecule has 1 aliphatic rings. The first-order valence-corrected chi connectivity index (χ1v) is 16.0. The lowest BCUT2D eigenvalue weighted by atomic mass is 10.1. The van der Waals surface area contributed by atoms with E-state index in [1.54, 1.807) is 6.07 Å². The minimum atomic E-state index is -0.811. The van der Waals surface area contributed by atoms with E-state index in [0.717, 1.165) is 66.0 Å². The summed E-state index contributed by atoms with van der Waals surface area (Å²) in [6.07, 6.45) is 0.600. The van der Waals surface area contributed by atoms with E-state index in [2.05, 4.69) is 38.9 Å². The van der Waals surface area contributed by atoms with Crippen molar-refractivity contribution < 1.29 is 27.4 Å². The summed E-state index contributed by atoms with van der Waals surface area (Å²) in [5, 5.41) is 2.95. The van der Waals surface area contributed by atoms with Crippen LogP contribution in [0.4, 0.5) is 35.4 Å². The number of carbonyl (C=O) groups is 1. The number of aromatic nitrogens is 2. The van der Waals surface area contributed by atoms with Crippen molar-refractivity contribution >= 4 is 23.5 Å². The molecule has 254 valence electrons. The maximum atomic E-state index is 15.0. The monoisotopic (exact) mass is 662 g/mol. The summed E-state index contributed by atoms with van der Waals surface area (Å²) in [5.74, 6) is -1.46. The van der Waals surface area contributed by atoms with Gasteiger partial charge in [-0.2, -0.15) is 4.98 Å². The molecule has 1 saturated heterocycles. The molecular formula is C36H41F3N6O3. The fourth-order valence-electron chi connectivity index (χ4n) is 5.77. The van der Waals surface area contributed by atoms with Gasteiger partial charge >= 0.3 is 6.09 Å². The number of anilines is 3. The van der Waals surface area contributed by atoms with Crippen LogP contribution in [-0.4, -0.2) is 71.2 Å². The summed E-state index contributed by atoms with van der Waals surface area (Å²) in [6.45, 7) is 14.7. The molecule has 1 N–H and O–H groups in total. The van der Waals surface area contributed by atoms with Gasteiger partial charge in [0.05, 0.1) is 6.54 Å². The van der Waals surface area contributed by atoms with Crippen LogP contribution in [0, 0.1) is 38.2 Å². The molecule has 5 rings (SSSR count). The number of carbonyl (C=O) groups excluding carboxylic acids is 1.